The van der Waals surface area contributed by atoms with E-state index in [1.807, 2.05) is 7.05 Å². The molecule has 1 saturated carbocycles. The quantitative estimate of drug-likeness (QED) is 0.804. The molecule has 1 fully saturated rings. The molecule has 0 bridgehead atoms. The van der Waals surface area contributed by atoms with E-state index in [1.54, 1.807) is 0 Å². The summed E-state index contributed by atoms with van der Waals surface area (Å²) in [5.41, 5.74) is 0. The molecule has 0 heterocycles. The highest BCUT2D eigenvalue weighted by atomic mass is 32.2. The van der Waals surface area contributed by atoms with Gasteiger partial charge >= 0.3 is 0 Å². The van der Waals surface area contributed by atoms with Crippen LogP contribution in [-0.4, -0.2) is 27.8 Å². The van der Waals surface area contributed by atoms with Gasteiger partial charge in [0.25, 0.3) is 0 Å². The van der Waals surface area contributed by atoms with Gasteiger partial charge in [0.05, 0.1) is 0 Å². The summed E-state index contributed by atoms with van der Waals surface area (Å²) >= 11 is 0. The standard InChI is InChI=1S/C12H25NOS/c1-12(2,3)15(14)9-8-10-6-5-7-11(10)13-4/h10-11,13H,5-9H2,1-4H3. The second-order valence-electron chi connectivity index (χ2n) is 5.54. The summed E-state index contributed by atoms with van der Waals surface area (Å²) in [6, 6.07) is 0.668. The molecule has 3 atom stereocenters. The van der Waals surface area contributed by atoms with E-state index >= 15 is 0 Å². The fourth-order valence-corrected chi connectivity index (χ4v) is 3.46. The molecule has 1 aliphatic rings. The van der Waals surface area contributed by atoms with Crippen LogP contribution < -0.4 is 5.32 Å². The van der Waals surface area contributed by atoms with Crippen molar-refractivity contribution >= 4 is 10.8 Å². The molecule has 0 radical (unpaired) electrons. The smallest absolute Gasteiger partial charge is 0.0375 e. The Balaban J connectivity index is 2.34. The summed E-state index contributed by atoms with van der Waals surface area (Å²) in [6.07, 6.45) is 5.06. The molecule has 0 amide bonds. The summed E-state index contributed by atoms with van der Waals surface area (Å²) in [5, 5.41) is 3.38. The van der Waals surface area contributed by atoms with Gasteiger partial charge in [0.15, 0.2) is 0 Å². The fourth-order valence-electron chi connectivity index (χ4n) is 2.33. The number of nitrogens with one attached hydrogen (secondary N) is 1. The lowest BCUT2D eigenvalue weighted by Crippen LogP contribution is -2.31. The average Bonchev–Trinajstić information content (AvgIpc) is 2.59. The van der Waals surface area contributed by atoms with Crippen molar-refractivity contribution in [1.29, 1.82) is 0 Å². The lowest BCUT2D eigenvalue weighted by Gasteiger charge is -2.22. The Bertz CT molecular complexity index is 222. The molecule has 1 aliphatic carbocycles. The number of hydrogen-bond acceptors (Lipinski definition) is 2. The van der Waals surface area contributed by atoms with Gasteiger partial charge in [-0.3, -0.25) is 4.21 Å². The Hall–Kier alpha value is 0.110. The van der Waals surface area contributed by atoms with Crippen LogP contribution in [0.15, 0.2) is 0 Å². The Morgan fingerprint density at radius 2 is 2.00 bits per heavy atom. The summed E-state index contributed by atoms with van der Waals surface area (Å²) in [5.74, 6) is 1.62. The molecule has 1 rings (SSSR count). The van der Waals surface area contributed by atoms with E-state index < -0.39 is 10.8 Å². The molecule has 2 nitrogen and oxygen atoms in total. The summed E-state index contributed by atoms with van der Waals surface area (Å²) in [6.45, 7) is 6.19. The lowest BCUT2D eigenvalue weighted by molar-refractivity contribution is 0.415. The zero-order valence-electron chi connectivity index (χ0n) is 10.5. The SMILES string of the molecule is CNC1CCCC1CCS(=O)C(C)(C)C. The van der Waals surface area contributed by atoms with Crippen LogP contribution in [0.2, 0.25) is 0 Å². The second kappa shape index (κ2) is 5.44. The van der Waals surface area contributed by atoms with Crippen molar-refractivity contribution in [2.75, 3.05) is 12.8 Å². The third-order valence-corrected chi connectivity index (χ3v) is 5.36. The minimum atomic E-state index is -0.678. The third-order valence-electron chi connectivity index (χ3n) is 3.39. The molecule has 1 N–H and O–H groups in total. The third kappa shape index (κ3) is 3.87. The van der Waals surface area contributed by atoms with E-state index in [2.05, 4.69) is 26.1 Å². The molecule has 0 aromatic rings. The van der Waals surface area contributed by atoms with Crippen LogP contribution in [-0.2, 0) is 10.8 Å². The molecule has 3 heteroatoms. The van der Waals surface area contributed by atoms with Gasteiger partial charge in [-0.05, 0) is 53.0 Å². The number of rotatable bonds is 4. The first-order chi connectivity index (χ1) is 6.95. The van der Waals surface area contributed by atoms with E-state index in [4.69, 9.17) is 0 Å². The Kier molecular flexibility index (Phi) is 4.78. The van der Waals surface area contributed by atoms with E-state index in [0.29, 0.717) is 6.04 Å². The Labute approximate surface area is 96.7 Å². The maximum Gasteiger partial charge on any atom is 0.0375 e. The number of hydrogen-bond donors (Lipinski definition) is 1. The Morgan fingerprint density at radius 3 is 2.53 bits per heavy atom. The molecule has 0 saturated heterocycles. The molecule has 0 aromatic carbocycles. The summed E-state index contributed by atoms with van der Waals surface area (Å²) in [4.78, 5) is 0. The van der Waals surface area contributed by atoms with Crippen molar-refractivity contribution in [3.63, 3.8) is 0 Å². The molecular weight excluding hydrogens is 206 g/mol. The van der Waals surface area contributed by atoms with Gasteiger partial charge in [-0.2, -0.15) is 0 Å². The van der Waals surface area contributed by atoms with Gasteiger partial charge in [-0.25, -0.2) is 0 Å². The van der Waals surface area contributed by atoms with Crippen molar-refractivity contribution in [2.45, 2.75) is 57.2 Å². The van der Waals surface area contributed by atoms with E-state index in [1.165, 1.54) is 19.3 Å². The summed E-state index contributed by atoms with van der Waals surface area (Å²) in [7, 11) is 1.37. The van der Waals surface area contributed by atoms with Crippen molar-refractivity contribution in [3.05, 3.63) is 0 Å². The monoisotopic (exact) mass is 231 g/mol. The van der Waals surface area contributed by atoms with E-state index in [9.17, 15) is 4.21 Å². The molecule has 0 aromatic heterocycles. The molecule has 0 aliphatic heterocycles. The second-order valence-corrected chi connectivity index (χ2v) is 7.86. The minimum absolute atomic E-state index is 0.0479. The van der Waals surface area contributed by atoms with Crippen LogP contribution in [0.3, 0.4) is 0 Å². The largest absolute Gasteiger partial charge is 0.317 e. The minimum Gasteiger partial charge on any atom is -0.317 e. The highest BCUT2D eigenvalue weighted by Gasteiger charge is 2.27. The van der Waals surface area contributed by atoms with Crippen LogP contribution in [0.4, 0.5) is 0 Å². The molecule has 0 spiro atoms. The first-order valence-electron chi connectivity index (χ1n) is 6.01. The Morgan fingerprint density at radius 1 is 1.33 bits per heavy atom. The van der Waals surface area contributed by atoms with Crippen LogP contribution in [0.5, 0.6) is 0 Å². The highest BCUT2D eigenvalue weighted by Crippen LogP contribution is 2.29. The van der Waals surface area contributed by atoms with Gasteiger partial charge in [0.1, 0.15) is 0 Å². The van der Waals surface area contributed by atoms with Crippen molar-refractivity contribution < 1.29 is 4.21 Å². The summed E-state index contributed by atoms with van der Waals surface area (Å²) < 4.78 is 11.9. The highest BCUT2D eigenvalue weighted by molar-refractivity contribution is 7.86. The topological polar surface area (TPSA) is 29.1 Å². The predicted octanol–water partition coefficient (Wildman–Crippen LogP) is 2.31. The van der Waals surface area contributed by atoms with Gasteiger partial charge in [-0.1, -0.05) is 6.42 Å². The fraction of sp³-hybridized carbons (Fsp3) is 1.00. The van der Waals surface area contributed by atoms with Crippen molar-refractivity contribution in [3.8, 4) is 0 Å². The molecular formula is C12H25NOS. The van der Waals surface area contributed by atoms with E-state index in [0.717, 1.165) is 18.1 Å². The van der Waals surface area contributed by atoms with Crippen LogP contribution in [0, 0.1) is 5.92 Å². The van der Waals surface area contributed by atoms with Gasteiger partial charge in [-0.15, -0.1) is 0 Å². The maximum absolute atomic E-state index is 11.9. The van der Waals surface area contributed by atoms with E-state index in [-0.39, 0.29) is 4.75 Å². The normalized spacial score (nSPS) is 29.3. The average molecular weight is 231 g/mol. The first kappa shape index (κ1) is 13.2. The zero-order valence-corrected chi connectivity index (χ0v) is 11.3. The van der Waals surface area contributed by atoms with Crippen LogP contribution in [0.25, 0.3) is 0 Å². The van der Waals surface area contributed by atoms with Gasteiger partial charge in [0.2, 0.25) is 0 Å². The maximum atomic E-state index is 11.9. The van der Waals surface area contributed by atoms with Crippen molar-refractivity contribution in [1.82, 2.24) is 5.32 Å². The van der Waals surface area contributed by atoms with Gasteiger partial charge in [0, 0.05) is 27.3 Å². The van der Waals surface area contributed by atoms with Crippen LogP contribution >= 0.6 is 0 Å². The molecule has 3 unspecified atom stereocenters. The predicted molar refractivity (Wildman–Crippen MR) is 67.6 cm³/mol. The molecule has 15 heavy (non-hydrogen) atoms. The van der Waals surface area contributed by atoms with Crippen molar-refractivity contribution in [2.24, 2.45) is 5.92 Å². The zero-order chi connectivity index (χ0) is 11.5. The van der Waals surface area contributed by atoms with Crippen LogP contribution in [0.1, 0.15) is 46.5 Å². The molecule has 90 valence electrons. The lowest BCUT2D eigenvalue weighted by atomic mass is 10.0. The first-order valence-corrected chi connectivity index (χ1v) is 7.33. The van der Waals surface area contributed by atoms with Gasteiger partial charge < -0.3 is 5.32 Å².